The second-order valence-electron chi connectivity index (χ2n) is 5.49. The van der Waals surface area contributed by atoms with Gasteiger partial charge in [0.1, 0.15) is 0 Å². The van der Waals surface area contributed by atoms with Crippen molar-refractivity contribution in [2.75, 3.05) is 0 Å². The largest absolute Gasteiger partial charge is 0.677 e. The van der Waals surface area contributed by atoms with Crippen LogP contribution in [0.15, 0.2) is 22.3 Å². The Bertz CT molecular complexity index is 727. The van der Waals surface area contributed by atoms with Gasteiger partial charge in [-0.1, -0.05) is 0 Å². The van der Waals surface area contributed by atoms with Crippen molar-refractivity contribution in [2.24, 2.45) is 10.2 Å². The van der Waals surface area contributed by atoms with Crippen LogP contribution >= 0.6 is 0 Å². The standard InChI is InChI=1S/C14H16B2F4N4/c1-9-5-11(3)23(15(17)18)13(9)7-21-22-8-14-10(2)6-12(4)24(14)16(19)20/h5-8H,1-4H3/b21-7+,22-8+. The summed E-state index contributed by atoms with van der Waals surface area (Å²) in [6, 6.07) is 3.24. The topological polar surface area (TPSA) is 34.6 Å². The molecule has 2 aromatic heterocycles. The Hall–Kier alpha value is -2.25. The zero-order valence-electron chi connectivity index (χ0n) is 13.8. The molecule has 0 aliphatic rings. The van der Waals surface area contributed by atoms with Crippen LogP contribution in [0.5, 0.6) is 0 Å². The summed E-state index contributed by atoms with van der Waals surface area (Å²) >= 11 is 0. The highest BCUT2D eigenvalue weighted by molar-refractivity contribution is 6.42. The monoisotopic (exact) mass is 338 g/mol. The SMILES string of the molecule is Cc1cc(C)n(B(F)F)c1/C=N/N=C/c1c(C)cc(C)n1B(F)F. The number of halogens is 4. The number of rotatable bonds is 5. The Morgan fingerprint density at radius 3 is 1.38 bits per heavy atom. The molecule has 126 valence electrons. The van der Waals surface area contributed by atoms with E-state index in [0.717, 1.165) is 8.96 Å². The van der Waals surface area contributed by atoms with E-state index in [9.17, 15) is 17.3 Å². The second-order valence-corrected chi connectivity index (χ2v) is 5.49. The lowest BCUT2D eigenvalue weighted by atomic mass is 10.2. The zero-order chi connectivity index (χ0) is 18.0. The molecule has 0 fully saturated rings. The van der Waals surface area contributed by atoms with Gasteiger partial charge in [-0.2, -0.15) is 10.2 Å². The van der Waals surface area contributed by atoms with Crippen molar-refractivity contribution >= 4 is 27.2 Å². The molecule has 0 unspecified atom stereocenters. The van der Waals surface area contributed by atoms with E-state index in [1.54, 1.807) is 39.8 Å². The van der Waals surface area contributed by atoms with Crippen LogP contribution in [0.25, 0.3) is 0 Å². The molecule has 2 heterocycles. The predicted octanol–water partition coefficient (Wildman–Crippen LogP) is 3.52. The number of hydrogen-bond donors (Lipinski definition) is 0. The fourth-order valence-corrected chi connectivity index (χ4v) is 2.70. The van der Waals surface area contributed by atoms with Gasteiger partial charge < -0.3 is 8.96 Å². The minimum absolute atomic E-state index is 0.233. The van der Waals surface area contributed by atoms with Crippen LogP contribution in [-0.2, 0) is 0 Å². The van der Waals surface area contributed by atoms with Gasteiger partial charge in [-0.25, -0.2) is 0 Å². The van der Waals surface area contributed by atoms with Crippen molar-refractivity contribution < 1.29 is 17.3 Å². The summed E-state index contributed by atoms with van der Waals surface area (Å²) in [4.78, 5) is 0. The van der Waals surface area contributed by atoms with Crippen LogP contribution in [-0.4, -0.2) is 36.2 Å². The van der Waals surface area contributed by atoms with Crippen molar-refractivity contribution in [1.82, 2.24) is 8.96 Å². The normalized spacial score (nSPS) is 11.8. The third-order valence-corrected chi connectivity index (χ3v) is 3.75. The molecule has 0 bridgehead atoms. The molecule has 0 saturated heterocycles. The van der Waals surface area contributed by atoms with E-state index >= 15 is 0 Å². The summed E-state index contributed by atoms with van der Waals surface area (Å²) < 4.78 is 53.9. The first-order chi connectivity index (χ1) is 11.2. The minimum Gasteiger partial charge on any atom is -0.328 e. The summed E-state index contributed by atoms with van der Waals surface area (Å²) in [7, 11) is -5.38. The van der Waals surface area contributed by atoms with E-state index in [2.05, 4.69) is 10.2 Å². The van der Waals surface area contributed by atoms with E-state index in [1.165, 1.54) is 12.4 Å². The van der Waals surface area contributed by atoms with Gasteiger partial charge in [-0.15, -0.1) is 0 Å². The van der Waals surface area contributed by atoms with Crippen LogP contribution in [0.1, 0.15) is 33.9 Å². The van der Waals surface area contributed by atoms with Gasteiger partial charge in [0.25, 0.3) is 0 Å². The highest BCUT2D eigenvalue weighted by Gasteiger charge is 2.24. The molecule has 0 radical (unpaired) electrons. The lowest BCUT2D eigenvalue weighted by Gasteiger charge is -2.04. The summed E-state index contributed by atoms with van der Waals surface area (Å²) in [5.41, 5.74) is 2.55. The average molecular weight is 338 g/mol. The summed E-state index contributed by atoms with van der Waals surface area (Å²) in [6.45, 7) is 6.52. The van der Waals surface area contributed by atoms with Gasteiger partial charge in [0.15, 0.2) is 0 Å². The van der Waals surface area contributed by atoms with E-state index in [-0.39, 0.29) is 11.4 Å². The molecular formula is C14H16B2F4N4. The Morgan fingerprint density at radius 2 is 1.08 bits per heavy atom. The molecule has 0 amide bonds. The third kappa shape index (κ3) is 3.47. The Kier molecular flexibility index (Phi) is 5.36. The first-order valence-corrected chi connectivity index (χ1v) is 7.23. The van der Waals surface area contributed by atoms with Crippen LogP contribution in [0.4, 0.5) is 17.3 Å². The predicted molar refractivity (Wildman–Crippen MR) is 89.7 cm³/mol. The van der Waals surface area contributed by atoms with Crippen LogP contribution in [0, 0.1) is 27.7 Å². The fourth-order valence-electron chi connectivity index (χ4n) is 2.70. The summed E-state index contributed by atoms with van der Waals surface area (Å²) in [5.74, 6) is 0. The molecule has 0 atom stereocenters. The van der Waals surface area contributed by atoms with E-state index in [1.807, 2.05) is 0 Å². The molecule has 0 N–H and O–H groups in total. The number of hydrogen-bond acceptors (Lipinski definition) is 2. The molecule has 0 spiro atoms. The van der Waals surface area contributed by atoms with Gasteiger partial charge in [-0.05, 0) is 51.0 Å². The van der Waals surface area contributed by atoms with Gasteiger partial charge in [0, 0.05) is 11.4 Å². The molecule has 0 saturated carbocycles. The van der Waals surface area contributed by atoms with Crippen LogP contribution in [0.2, 0.25) is 0 Å². The minimum atomic E-state index is -2.69. The van der Waals surface area contributed by atoms with Gasteiger partial charge >= 0.3 is 14.8 Å². The molecule has 0 aromatic carbocycles. The number of aromatic nitrogens is 2. The smallest absolute Gasteiger partial charge is 0.328 e. The van der Waals surface area contributed by atoms with Gasteiger partial charge in [0.05, 0.1) is 23.8 Å². The van der Waals surface area contributed by atoms with E-state index < -0.39 is 14.8 Å². The molecule has 2 rings (SSSR count). The van der Waals surface area contributed by atoms with Crippen LogP contribution < -0.4 is 0 Å². The van der Waals surface area contributed by atoms with Gasteiger partial charge in [-0.3, -0.25) is 17.3 Å². The maximum absolute atomic E-state index is 13.0. The van der Waals surface area contributed by atoms with E-state index in [0.29, 0.717) is 22.5 Å². The van der Waals surface area contributed by atoms with Crippen molar-refractivity contribution in [1.29, 1.82) is 0 Å². The first kappa shape index (κ1) is 18.1. The van der Waals surface area contributed by atoms with Crippen LogP contribution in [0.3, 0.4) is 0 Å². The first-order valence-electron chi connectivity index (χ1n) is 7.23. The quantitative estimate of drug-likeness (QED) is 0.346. The summed E-state index contributed by atoms with van der Waals surface area (Å²) in [5, 5.41) is 7.47. The Morgan fingerprint density at radius 1 is 0.750 bits per heavy atom. The molecule has 0 aliphatic carbocycles. The Labute approximate surface area is 138 Å². The maximum Gasteiger partial charge on any atom is 0.677 e. The maximum atomic E-state index is 13.0. The second kappa shape index (κ2) is 7.11. The van der Waals surface area contributed by atoms with Crippen molar-refractivity contribution in [3.05, 3.63) is 46.0 Å². The molecular weight excluding hydrogens is 322 g/mol. The molecule has 2 aromatic rings. The Balaban J connectivity index is 2.29. The number of aryl methyl sites for hydroxylation is 4. The van der Waals surface area contributed by atoms with Crippen molar-refractivity contribution in [2.45, 2.75) is 27.7 Å². The third-order valence-electron chi connectivity index (χ3n) is 3.75. The molecule has 0 aliphatic heterocycles. The van der Waals surface area contributed by atoms with E-state index in [4.69, 9.17) is 0 Å². The fraction of sp³-hybridized carbons (Fsp3) is 0.286. The van der Waals surface area contributed by atoms with Crippen molar-refractivity contribution in [3.8, 4) is 0 Å². The lowest BCUT2D eigenvalue weighted by Crippen LogP contribution is -2.18. The van der Waals surface area contributed by atoms with Gasteiger partial charge in [0.2, 0.25) is 0 Å². The summed E-state index contributed by atoms with van der Waals surface area (Å²) in [6.07, 6.45) is 2.39. The lowest BCUT2D eigenvalue weighted by molar-refractivity contribution is 0.623. The molecule has 4 nitrogen and oxygen atoms in total. The molecule has 24 heavy (non-hydrogen) atoms. The molecule has 10 heteroatoms. The zero-order valence-corrected chi connectivity index (χ0v) is 13.8. The highest BCUT2D eigenvalue weighted by Crippen LogP contribution is 2.16. The average Bonchev–Trinajstić information content (AvgIpc) is 2.90. The van der Waals surface area contributed by atoms with Crippen molar-refractivity contribution in [3.63, 3.8) is 0 Å². The number of nitrogens with zero attached hydrogens (tertiary/aromatic N) is 4. The highest BCUT2D eigenvalue weighted by atomic mass is 19.2.